The normalized spacial score (nSPS) is 11.1. The topological polar surface area (TPSA) is 49.2 Å². The Hall–Kier alpha value is -2.96. The van der Waals surface area contributed by atoms with E-state index in [1.807, 2.05) is 54.6 Å². The Morgan fingerprint density at radius 3 is 2.39 bits per heavy atom. The van der Waals surface area contributed by atoms with Crippen LogP contribution in [0.5, 0.6) is 11.5 Å². The van der Waals surface area contributed by atoms with Crippen LogP contribution in [0.4, 0.5) is 0 Å². The van der Waals surface area contributed by atoms with Crippen molar-refractivity contribution in [3.8, 4) is 28.6 Å². The summed E-state index contributed by atoms with van der Waals surface area (Å²) in [6.07, 6.45) is 0. The predicted octanol–water partition coefficient (Wildman–Crippen LogP) is 6.89. The van der Waals surface area contributed by atoms with Crippen LogP contribution in [0.2, 0.25) is 5.02 Å². The average Bonchev–Trinajstić information content (AvgIpc) is 3.26. The van der Waals surface area contributed by atoms with Gasteiger partial charge in [-0.2, -0.15) is 0 Å². The monoisotopic (exact) mass is 479 g/mol. The first-order valence-corrected chi connectivity index (χ1v) is 12.1. The molecule has 0 amide bonds. The van der Waals surface area contributed by atoms with E-state index >= 15 is 0 Å². The van der Waals surface area contributed by atoms with E-state index in [1.165, 1.54) is 5.56 Å². The zero-order valence-electron chi connectivity index (χ0n) is 18.9. The molecule has 7 heteroatoms. The van der Waals surface area contributed by atoms with Gasteiger partial charge in [-0.3, -0.25) is 4.57 Å². The first-order valence-electron chi connectivity index (χ1n) is 10.8. The maximum atomic E-state index is 6.20. The van der Waals surface area contributed by atoms with E-state index in [4.69, 9.17) is 21.1 Å². The van der Waals surface area contributed by atoms with Crippen LogP contribution in [0.3, 0.4) is 0 Å². The summed E-state index contributed by atoms with van der Waals surface area (Å²) in [6.45, 7) is 4.89. The van der Waals surface area contributed by atoms with Crippen LogP contribution >= 0.6 is 23.4 Å². The van der Waals surface area contributed by atoms with Crippen molar-refractivity contribution in [1.29, 1.82) is 0 Å². The molecule has 0 aliphatic carbocycles. The van der Waals surface area contributed by atoms with E-state index in [2.05, 4.69) is 46.8 Å². The molecule has 0 aliphatic rings. The molecule has 1 aromatic heterocycles. The summed E-state index contributed by atoms with van der Waals surface area (Å²) < 4.78 is 13.3. The van der Waals surface area contributed by atoms with Crippen molar-refractivity contribution in [2.75, 3.05) is 19.5 Å². The van der Waals surface area contributed by atoms with Crippen molar-refractivity contribution in [2.24, 2.45) is 0 Å². The summed E-state index contributed by atoms with van der Waals surface area (Å²) in [6, 6.07) is 23.8. The van der Waals surface area contributed by atoms with Gasteiger partial charge in [-0.1, -0.05) is 67.5 Å². The van der Waals surface area contributed by atoms with E-state index in [1.54, 1.807) is 18.9 Å². The molecule has 0 saturated carbocycles. The number of aromatic nitrogens is 3. The molecule has 0 atom stereocenters. The van der Waals surface area contributed by atoms with E-state index in [0.29, 0.717) is 29.0 Å². The number of rotatable bonds is 9. The van der Waals surface area contributed by atoms with Crippen LogP contribution in [0.15, 0.2) is 78.0 Å². The molecule has 5 nitrogen and oxygen atoms in total. The molecule has 0 aliphatic heterocycles. The summed E-state index contributed by atoms with van der Waals surface area (Å²) in [5, 5.41) is 10.5. The van der Waals surface area contributed by atoms with Crippen LogP contribution in [0.1, 0.15) is 25.3 Å². The second-order valence-corrected chi connectivity index (χ2v) is 9.18. The van der Waals surface area contributed by atoms with Crippen molar-refractivity contribution >= 4 is 23.4 Å². The molecule has 170 valence electrons. The van der Waals surface area contributed by atoms with Gasteiger partial charge in [0.1, 0.15) is 11.5 Å². The minimum atomic E-state index is 0.355. The first kappa shape index (κ1) is 23.2. The minimum Gasteiger partial charge on any atom is -0.497 e. The molecule has 4 rings (SSSR count). The zero-order chi connectivity index (χ0) is 23.2. The molecule has 1 heterocycles. The third-order valence-electron chi connectivity index (χ3n) is 5.19. The highest BCUT2D eigenvalue weighted by Crippen LogP contribution is 2.33. The zero-order valence-corrected chi connectivity index (χ0v) is 20.4. The molecule has 0 saturated heterocycles. The molecule has 0 N–H and O–H groups in total. The van der Waals surface area contributed by atoms with Crippen molar-refractivity contribution in [1.82, 2.24) is 14.8 Å². The number of thioether (sulfide) groups is 1. The van der Waals surface area contributed by atoms with E-state index in [9.17, 15) is 0 Å². The SMILES string of the molecule is COc1ccc(-c2nnc(SCCOc3ccccc3Cl)n2-c2ccccc2C(C)C)cc1. The molecular weight excluding hydrogens is 454 g/mol. The maximum Gasteiger partial charge on any atom is 0.196 e. The van der Waals surface area contributed by atoms with E-state index in [0.717, 1.165) is 28.0 Å². The van der Waals surface area contributed by atoms with Gasteiger partial charge >= 0.3 is 0 Å². The van der Waals surface area contributed by atoms with Crippen LogP contribution in [-0.4, -0.2) is 34.2 Å². The molecule has 0 unspecified atom stereocenters. The fourth-order valence-corrected chi connectivity index (χ4v) is 4.49. The number of benzene rings is 3. The number of hydrogen-bond acceptors (Lipinski definition) is 5. The number of nitrogens with zero attached hydrogens (tertiary/aromatic N) is 3. The fraction of sp³-hybridized carbons (Fsp3) is 0.231. The van der Waals surface area contributed by atoms with Crippen LogP contribution < -0.4 is 9.47 Å². The Bertz CT molecular complexity index is 1210. The van der Waals surface area contributed by atoms with Crippen LogP contribution in [0, 0.1) is 0 Å². The minimum absolute atomic E-state index is 0.355. The van der Waals surface area contributed by atoms with Gasteiger partial charge in [0.05, 0.1) is 24.4 Å². The lowest BCUT2D eigenvalue weighted by atomic mass is 10.0. The molecule has 0 radical (unpaired) electrons. The molecule has 0 bridgehead atoms. The first-order chi connectivity index (χ1) is 16.1. The van der Waals surface area contributed by atoms with Crippen LogP contribution in [0.25, 0.3) is 17.1 Å². The van der Waals surface area contributed by atoms with Crippen LogP contribution in [-0.2, 0) is 0 Å². The molecule has 3 aromatic carbocycles. The summed E-state index contributed by atoms with van der Waals surface area (Å²) >= 11 is 7.81. The lowest BCUT2D eigenvalue weighted by Gasteiger charge is -2.17. The molecule has 0 spiro atoms. The average molecular weight is 480 g/mol. The Kier molecular flexibility index (Phi) is 7.57. The summed E-state index contributed by atoms with van der Waals surface area (Å²) in [5.41, 5.74) is 3.29. The van der Waals surface area contributed by atoms with Crippen molar-refractivity contribution in [3.05, 3.63) is 83.4 Å². The highest BCUT2D eigenvalue weighted by molar-refractivity contribution is 7.99. The van der Waals surface area contributed by atoms with Crippen molar-refractivity contribution in [2.45, 2.75) is 24.9 Å². The van der Waals surface area contributed by atoms with Crippen molar-refractivity contribution < 1.29 is 9.47 Å². The number of para-hydroxylation sites is 2. The smallest absolute Gasteiger partial charge is 0.196 e. The third-order valence-corrected chi connectivity index (χ3v) is 6.40. The van der Waals surface area contributed by atoms with Gasteiger partial charge in [0.15, 0.2) is 11.0 Å². The Morgan fingerprint density at radius 2 is 1.67 bits per heavy atom. The maximum absolute atomic E-state index is 6.20. The Balaban J connectivity index is 1.64. The number of ether oxygens (including phenoxy) is 2. The number of halogens is 1. The highest BCUT2D eigenvalue weighted by Gasteiger charge is 2.19. The second kappa shape index (κ2) is 10.8. The van der Waals surface area contributed by atoms with Gasteiger partial charge in [-0.25, -0.2) is 0 Å². The predicted molar refractivity (Wildman–Crippen MR) is 135 cm³/mol. The summed E-state index contributed by atoms with van der Waals surface area (Å²) in [5.74, 6) is 3.34. The van der Waals surface area contributed by atoms with E-state index in [-0.39, 0.29) is 0 Å². The standard InChI is InChI=1S/C26H26ClN3O2S/c1-18(2)21-8-4-6-10-23(21)30-25(19-12-14-20(31-3)15-13-19)28-29-26(30)33-17-16-32-24-11-7-5-9-22(24)27/h4-15,18H,16-17H2,1-3H3. The van der Waals surface area contributed by atoms with Gasteiger partial charge in [0.25, 0.3) is 0 Å². The van der Waals surface area contributed by atoms with Gasteiger partial charge < -0.3 is 9.47 Å². The number of methoxy groups -OCH3 is 1. The highest BCUT2D eigenvalue weighted by atomic mass is 35.5. The third kappa shape index (κ3) is 5.34. The molecule has 4 aromatic rings. The lowest BCUT2D eigenvalue weighted by molar-refractivity contribution is 0.344. The van der Waals surface area contributed by atoms with Crippen molar-refractivity contribution in [3.63, 3.8) is 0 Å². The van der Waals surface area contributed by atoms with E-state index < -0.39 is 0 Å². The van der Waals surface area contributed by atoms with Gasteiger partial charge in [-0.15, -0.1) is 10.2 Å². The lowest BCUT2D eigenvalue weighted by Crippen LogP contribution is -2.06. The largest absolute Gasteiger partial charge is 0.497 e. The summed E-state index contributed by atoms with van der Waals surface area (Å²) in [7, 11) is 1.66. The fourth-order valence-electron chi connectivity index (χ4n) is 3.53. The van der Waals surface area contributed by atoms with Gasteiger partial charge in [0, 0.05) is 11.3 Å². The quantitative estimate of drug-likeness (QED) is 0.193. The van der Waals surface area contributed by atoms with Gasteiger partial charge in [-0.05, 0) is 53.9 Å². The summed E-state index contributed by atoms with van der Waals surface area (Å²) in [4.78, 5) is 0. The Labute approximate surface area is 203 Å². The Morgan fingerprint density at radius 1 is 0.939 bits per heavy atom. The van der Waals surface area contributed by atoms with Gasteiger partial charge in [0.2, 0.25) is 0 Å². The molecular formula is C26H26ClN3O2S. The molecule has 33 heavy (non-hydrogen) atoms. The second-order valence-electron chi connectivity index (χ2n) is 7.71. The molecule has 0 fully saturated rings. The number of hydrogen-bond donors (Lipinski definition) is 0.